The Bertz CT molecular complexity index is 1600. The molecule has 4 rings (SSSR count). The monoisotopic (exact) mass is 508 g/mol. The van der Waals surface area contributed by atoms with Gasteiger partial charge in [0.25, 0.3) is 15.7 Å². The first-order valence-corrected chi connectivity index (χ1v) is 13.7. The normalized spacial score (nSPS) is 12.4. The number of ether oxygens (including phenoxy) is 1. The number of benzene rings is 2. The van der Waals surface area contributed by atoms with Crippen molar-refractivity contribution in [2.45, 2.75) is 11.3 Å². The highest BCUT2D eigenvalue weighted by Crippen LogP contribution is 2.40. The zero-order chi connectivity index (χ0) is 23.8. The molecule has 33 heavy (non-hydrogen) atoms. The maximum absolute atomic E-state index is 12.5. The van der Waals surface area contributed by atoms with Crippen LogP contribution >= 0.6 is 11.3 Å². The lowest BCUT2D eigenvalue weighted by Crippen LogP contribution is -2.26. The van der Waals surface area contributed by atoms with Crippen LogP contribution in [0.25, 0.3) is 32.1 Å². The molecule has 0 aliphatic carbocycles. The Hall–Kier alpha value is -2.77. The largest absolute Gasteiger partial charge is 0.496 e. The van der Waals surface area contributed by atoms with Crippen molar-refractivity contribution in [3.05, 3.63) is 58.2 Å². The number of aromatic amines is 1. The van der Waals surface area contributed by atoms with Crippen molar-refractivity contribution in [2.75, 3.05) is 19.4 Å². The fraction of sp³-hybridized carbons (Fsp3) is 0.190. The number of hydrogen-bond donors (Lipinski definition) is 3. The first-order valence-electron chi connectivity index (χ1n) is 9.76. The molecule has 0 saturated heterocycles. The molecule has 0 fully saturated rings. The fourth-order valence-corrected chi connectivity index (χ4v) is 6.01. The molecule has 0 spiro atoms. The molecule has 0 radical (unpaired) electrons. The fourth-order valence-electron chi connectivity index (χ4n) is 3.63. The topological polar surface area (TPSA) is 143 Å². The second-order valence-electron chi connectivity index (χ2n) is 7.24. The third kappa shape index (κ3) is 4.80. The van der Waals surface area contributed by atoms with E-state index in [1.54, 1.807) is 24.3 Å². The summed E-state index contributed by atoms with van der Waals surface area (Å²) in [5.41, 5.74) is 1.88. The Labute approximate surface area is 193 Å². The number of aromatic nitrogens is 1. The molecule has 2 aromatic heterocycles. The quantitative estimate of drug-likeness (QED) is 0.245. The van der Waals surface area contributed by atoms with Gasteiger partial charge in [0.05, 0.1) is 17.8 Å². The van der Waals surface area contributed by atoms with E-state index in [0.29, 0.717) is 21.5 Å². The SMILES string of the molecule is COc1ccc2[nH]c(=O)c3sccc3c2c1-c1ccc(S(=O)(=O)NCCCS(=O)(=O)O)cc1. The van der Waals surface area contributed by atoms with Crippen molar-refractivity contribution in [3.63, 3.8) is 0 Å². The molecule has 0 bridgehead atoms. The maximum atomic E-state index is 12.5. The lowest BCUT2D eigenvalue weighted by atomic mass is 9.97. The Morgan fingerprint density at radius 3 is 2.45 bits per heavy atom. The molecule has 2 aromatic carbocycles. The lowest BCUT2D eigenvalue weighted by Gasteiger charge is -2.14. The number of pyridine rings is 1. The van der Waals surface area contributed by atoms with Gasteiger partial charge in [0.15, 0.2) is 0 Å². The van der Waals surface area contributed by atoms with Crippen LogP contribution in [0.2, 0.25) is 0 Å². The van der Waals surface area contributed by atoms with Crippen LogP contribution in [0.1, 0.15) is 6.42 Å². The summed E-state index contributed by atoms with van der Waals surface area (Å²) in [7, 11) is -6.48. The van der Waals surface area contributed by atoms with Crippen molar-refractivity contribution < 1.29 is 26.1 Å². The van der Waals surface area contributed by atoms with E-state index >= 15 is 0 Å². The van der Waals surface area contributed by atoms with Gasteiger partial charge in [0.1, 0.15) is 10.4 Å². The van der Waals surface area contributed by atoms with E-state index in [1.165, 1.54) is 30.6 Å². The predicted molar refractivity (Wildman–Crippen MR) is 128 cm³/mol. The molecule has 0 unspecified atom stereocenters. The minimum atomic E-state index is -4.15. The van der Waals surface area contributed by atoms with Gasteiger partial charge in [0, 0.05) is 28.4 Å². The summed E-state index contributed by atoms with van der Waals surface area (Å²) in [4.78, 5) is 15.3. The van der Waals surface area contributed by atoms with Gasteiger partial charge in [-0.05, 0) is 47.7 Å². The van der Waals surface area contributed by atoms with E-state index in [0.717, 1.165) is 16.3 Å². The molecular weight excluding hydrogens is 488 g/mol. The van der Waals surface area contributed by atoms with E-state index in [9.17, 15) is 21.6 Å². The average molecular weight is 509 g/mol. The highest BCUT2D eigenvalue weighted by atomic mass is 32.2. The number of fused-ring (bicyclic) bond motifs is 3. The number of rotatable bonds is 8. The van der Waals surface area contributed by atoms with Gasteiger partial charge in [-0.15, -0.1) is 11.3 Å². The van der Waals surface area contributed by atoms with Crippen LogP contribution in [0.4, 0.5) is 0 Å². The summed E-state index contributed by atoms with van der Waals surface area (Å²) in [6.07, 6.45) is -0.0573. The van der Waals surface area contributed by atoms with Crippen molar-refractivity contribution in [1.82, 2.24) is 9.71 Å². The van der Waals surface area contributed by atoms with Crippen molar-refractivity contribution in [3.8, 4) is 16.9 Å². The van der Waals surface area contributed by atoms with Gasteiger partial charge in [-0.3, -0.25) is 9.35 Å². The molecule has 2 heterocycles. The van der Waals surface area contributed by atoms with Crippen LogP contribution in [0.3, 0.4) is 0 Å². The number of thiophene rings is 1. The highest BCUT2D eigenvalue weighted by Gasteiger charge is 2.18. The van der Waals surface area contributed by atoms with Crippen LogP contribution in [0, 0.1) is 0 Å². The average Bonchev–Trinajstić information content (AvgIpc) is 3.26. The second-order valence-corrected chi connectivity index (χ2v) is 11.5. The van der Waals surface area contributed by atoms with Gasteiger partial charge < -0.3 is 9.72 Å². The highest BCUT2D eigenvalue weighted by molar-refractivity contribution is 7.89. The summed E-state index contributed by atoms with van der Waals surface area (Å²) >= 11 is 1.34. The predicted octanol–water partition coefficient (Wildman–Crippen LogP) is 2.97. The standard InChI is InChI=1S/C21H20N2O7S3/c1-30-17-8-7-16-19(15-9-11-31-20(15)21(24)23-16)18(17)13-3-5-14(6-4-13)33(28,29)22-10-2-12-32(25,26)27/h3-9,11,22H,2,10,12H2,1H3,(H,23,24)(H,25,26,27). The van der Waals surface area contributed by atoms with E-state index in [2.05, 4.69) is 9.71 Å². The van der Waals surface area contributed by atoms with Crippen molar-refractivity contribution in [1.29, 1.82) is 0 Å². The zero-order valence-electron chi connectivity index (χ0n) is 17.4. The summed E-state index contributed by atoms with van der Waals surface area (Å²) in [5.74, 6) is 0.0371. The third-order valence-corrected chi connectivity index (χ3v) is 8.30. The Morgan fingerprint density at radius 1 is 1.06 bits per heavy atom. The molecule has 174 valence electrons. The van der Waals surface area contributed by atoms with Crippen LogP contribution in [-0.2, 0) is 20.1 Å². The van der Waals surface area contributed by atoms with Gasteiger partial charge in [-0.1, -0.05) is 12.1 Å². The summed E-state index contributed by atoms with van der Waals surface area (Å²) in [6.45, 7) is -0.134. The second kappa shape index (κ2) is 8.88. The lowest BCUT2D eigenvalue weighted by molar-refractivity contribution is 0.417. The van der Waals surface area contributed by atoms with E-state index in [-0.39, 0.29) is 23.4 Å². The first-order chi connectivity index (χ1) is 15.6. The number of sulfonamides is 1. The molecule has 0 atom stereocenters. The van der Waals surface area contributed by atoms with Crippen LogP contribution in [0.5, 0.6) is 5.75 Å². The van der Waals surface area contributed by atoms with Gasteiger partial charge in [-0.25, -0.2) is 13.1 Å². The molecule has 0 aliphatic heterocycles. The summed E-state index contributed by atoms with van der Waals surface area (Å²) in [5, 5.41) is 3.42. The third-order valence-electron chi connectivity index (χ3n) is 5.10. The Kier molecular flexibility index (Phi) is 6.29. The van der Waals surface area contributed by atoms with E-state index in [1.807, 2.05) is 11.4 Å². The smallest absolute Gasteiger partial charge is 0.266 e. The van der Waals surface area contributed by atoms with Gasteiger partial charge >= 0.3 is 0 Å². The Balaban J connectivity index is 1.73. The molecule has 12 heteroatoms. The number of methoxy groups -OCH3 is 1. The molecule has 4 aromatic rings. The molecule has 0 aliphatic rings. The van der Waals surface area contributed by atoms with Crippen LogP contribution in [-0.4, -0.2) is 45.8 Å². The summed E-state index contributed by atoms with van der Waals surface area (Å²) < 4.78 is 63.8. The molecule has 9 nitrogen and oxygen atoms in total. The van der Waals surface area contributed by atoms with Crippen LogP contribution in [0.15, 0.2) is 57.5 Å². The molecule has 0 amide bonds. The molecule has 3 N–H and O–H groups in total. The first kappa shape index (κ1) is 23.4. The van der Waals surface area contributed by atoms with Crippen molar-refractivity contribution in [2.24, 2.45) is 0 Å². The molecular formula is C21H20N2O7S3. The molecule has 0 saturated carbocycles. The zero-order valence-corrected chi connectivity index (χ0v) is 19.8. The van der Waals surface area contributed by atoms with E-state index < -0.39 is 25.9 Å². The van der Waals surface area contributed by atoms with Crippen molar-refractivity contribution >= 4 is 52.5 Å². The van der Waals surface area contributed by atoms with Gasteiger partial charge in [0.2, 0.25) is 10.0 Å². The maximum Gasteiger partial charge on any atom is 0.266 e. The summed E-state index contributed by atoms with van der Waals surface area (Å²) in [6, 6.07) is 11.6. The van der Waals surface area contributed by atoms with Crippen LogP contribution < -0.4 is 15.0 Å². The van der Waals surface area contributed by atoms with Gasteiger partial charge in [-0.2, -0.15) is 8.42 Å². The Morgan fingerprint density at radius 2 is 1.79 bits per heavy atom. The number of nitrogens with one attached hydrogen (secondary N) is 2. The number of hydrogen-bond acceptors (Lipinski definition) is 7. The number of H-pyrrole nitrogens is 1. The minimum absolute atomic E-state index is 0.00592. The minimum Gasteiger partial charge on any atom is -0.496 e. The van der Waals surface area contributed by atoms with E-state index in [4.69, 9.17) is 9.29 Å².